The second-order valence-corrected chi connectivity index (χ2v) is 8.84. The van der Waals surface area contributed by atoms with E-state index >= 15 is 0 Å². The van der Waals surface area contributed by atoms with Crippen LogP contribution in [-0.4, -0.2) is 44.4 Å². The Hall–Kier alpha value is -2.46. The van der Waals surface area contributed by atoms with Crippen molar-refractivity contribution in [1.82, 2.24) is 20.4 Å². The number of aliphatic hydroxyl groups excluding tert-OH is 1. The number of hydrogen-bond acceptors (Lipinski definition) is 8. The topological polar surface area (TPSA) is 114 Å². The van der Waals surface area contributed by atoms with Gasteiger partial charge in [-0.2, -0.15) is 5.01 Å². The molecule has 2 heterocycles. The first-order valence-corrected chi connectivity index (χ1v) is 11.2. The van der Waals surface area contributed by atoms with Crippen LogP contribution in [0.1, 0.15) is 74.9 Å². The molecule has 0 saturated heterocycles. The molecule has 3 rings (SSSR count). The van der Waals surface area contributed by atoms with Crippen LogP contribution in [0.4, 0.5) is 17.2 Å². The number of carbonyl (C=O) groups is 1. The van der Waals surface area contributed by atoms with Crippen molar-refractivity contribution in [2.75, 3.05) is 23.7 Å². The number of carboxylic acids is 1. The van der Waals surface area contributed by atoms with Gasteiger partial charge in [0.25, 0.3) is 0 Å². The first-order chi connectivity index (χ1) is 15.2. The van der Waals surface area contributed by atoms with E-state index in [2.05, 4.69) is 31.5 Å². The summed E-state index contributed by atoms with van der Waals surface area (Å²) in [4.78, 5) is 21.2. The van der Waals surface area contributed by atoms with E-state index in [1.54, 1.807) is 12.1 Å². The first kappa shape index (κ1) is 24.2. The van der Waals surface area contributed by atoms with Gasteiger partial charge in [0.05, 0.1) is 22.3 Å². The third-order valence-corrected chi connectivity index (χ3v) is 5.59. The Kier molecular flexibility index (Phi) is 7.55. The number of halogens is 1. The van der Waals surface area contributed by atoms with Crippen molar-refractivity contribution in [1.29, 1.82) is 0 Å². The number of aliphatic hydroxyl groups is 1. The molecule has 1 atom stereocenters. The fraction of sp³-hybridized carbons (Fsp3) is 0.500. The molecule has 0 fully saturated rings. The Balaban J connectivity index is 2.17. The summed E-state index contributed by atoms with van der Waals surface area (Å²) in [6, 6.07) is 4.58. The molecule has 0 radical (unpaired) electrons. The summed E-state index contributed by atoms with van der Waals surface area (Å²) in [6.07, 6.45) is 0.893. The third-order valence-electron chi connectivity index (χ3n) is 5.26. The van der Waals surface area contributed by atoms with E-state index in [9.17, 15) is 15.0 Å². The molecule has 2 aromatic rings. The van der Waals surface area contributed by atoms with Crippen LogP contribution in [0.25, 0.3) is 0 Å². The van der Waals surface area contributed by atoms with Gasteiger partial charge in [0.1, 0.15) is 18.2 Å². The van der Waals surface area contributed by atoms with Crippen molar-refractivity contribution in [2.45, 2.75) is 53.0 Å². The van der Waals surface area contributed by atoms with E-state index in [1.165, 1.54) is 6.07 Å². The highest BCUT2D eigenvalue weighted by molar-refractivity contribution is 6.33. The predicted octanol–water partition coefficient (Wildman–Crippen LogP) is 4.29. The van der Waals surface area contributed by atoms with Gasteiger partial charge in [-0.1, -0.05) is 46.2 Å². The molecule has 0 aliphatic carbocycles. The molecule has 0 saturated carbocycles. The van der Waals surface area contributed by atoms with Crippen LogP contribution in [-0.2, 0) is 0 Å². The Morgan fingerprint density at radius 2 is 1.97 bits per heavy atom. The van der Waals surface area contributed by atoms with Crippen molar-refractivity contribution >= 4 is 34.8 Å². The number of nitrogens with one attached hydrogen (secondary N) is 2. The van der Waals surface area contributed by atoms with Crippen LogP contribution in [0.15, 0.2) is 18.2 Å². The largest absolute Gasteiger partial charge is 0.478 e. The molecular weight excluding hydrogens is 432 g/mol. The predicted molar refractivity (Wildman–Crippen MR) is 125 cm³/mol. The second kappa shape index (κ2) is 9.99. The fourth-order valence-corrected chi connectivity index (χ4v) is 3.95. The van der Waals surface area contributed by atoms with E-state index < -0.39 is 5.97 Å². The minimum atomic E-state index is -1.10. The van der Waals surface area contributed by atoms with E-state index in [-0.39, 0.29) is 35.2 Å². The quantitative estimate of drug-likeness (QED) is 0.433. The van der Waals surface area contributed by atoms with E-state index in [1.807, 2.05) is 24.0 Å². The van der Waals surface area contributed by atoms with Gasteiger partial charge in [-0.15, -0.1) is 0 Å². The van der Waals surface area contributed by atoms with E-state index in [0.717, 1.165) is 12.1 Å². The SMILES string of the molecule is CCCNN1c2c(Nc3ccc(Cl)c(C(=O)O)c3)nc(C(C)C)nc2C(C(C)C)N1CO. The molecule has 1 aliphatic heterocycles. The van der Waals surface area contributed by atoms with Gasteiger partial charge in [0.2, 0.25) is 0 Å². The lowest BCUT2D eigenvalue weighted by molar-refractivity contribution is 0.0376. The average molecular weight is 463 g/mol. The zero-order valence-electron chi connectivity index (χ0n) is 19.1. The number of benzene rings is 1. The van der Waals surface area contributed by atoms with Gasteiger partial charge in [-0.05, 0) is 30.5 Å². The van der Waals surface area contributed by atoms with E-state index in [4.69, 9.17) is 21.6 Å². The summed E-state index contributed by atoms with van der Waals surface area (Å²) in [5.41, 5.74) is 5.42. The molecule has 0 spiro atoms. The lowest BCUT2D eigenvalue weighted by Gasteiger charge is -2.33. The normalized spacial score (nSPS) is 16.2. The molecule has 9 nitrogen and oxygen atoms in total. The lowest BCUT2D eigenvalue weighted by atomic mass is 10.00. The highest BCUT2D eigenvalue weighted by atomic mass is 35.5. The van der Waals surface area contributed by atoms with Gasteiger partial charge < -0.3 is 15.5 Å². The molecule has 0 amide bonds. The molecule has 10 heteroatoms. The average Bonchev–Trinajstić information content (AvgIpc) is 3.07. The third kappa shape index (κ3) is 4.66. The number of aromatic carboxylic acids is 1. The lowest BCUT2D eigenvalue weighted by Crippen LogP contribution is -2.50. The summed E-state index contributed by atoms with van der Waals surface area (Å²) in [5, 5.41) is 26.7. The fourth-order valence-electron chi connectivity index (χ4n) is 3.75. The number of nitrogens with zero attached hydrogens (tertiary/aromatic N) is 4. The Morgan fingerprint density at radius 3 is 2.53 bits per heavy atom. The molecule has 1 aliphatic rings. The molecule has 1 aromatic heterocycles. The Morgan fingerprint density at radius 1 is 1.25 bits per heavy atom. The highest BCUT2D eigenvalue weighted by Crippen LogP contribution is 2.46. The van der Waals surface area contributed by atoms with Crippen molar-refractivity contribution in [2.24, 2.45) is 5.92 Å². The second-order valence-electron chi connectivity index (χ2n) is 8.43. The van der Waals surface area contributed by atoms with Crippen LogP contribution < -0.4 is 15.9 Å². The number of anilines is 3. The molecule has 1 aromatic carbocycles. The van der Waals surface area contributed by atoms with Gasteiger partial charge in [-0.3, -0.25) is 0 Å². The van der Waals surface area contributed by atoms with Crippen molar-refractivity contribution in [3.63, 3.8) is 0 Å². The maximum absolute atomic E-state index is 11.5. The van der Waals surface area contributed by atoms with Crippen molar-refractivity contribution < 1.29 is 15.0 Å². The number of fused-ring (bicyclic) bond motifs is 1. The smallest absolute Gasteiger partial charge is 0.337 e. The van der Waals surface area contributed by atoms with Gasteiger partial charge in [0, 0.05) is 18.2 Å². The van der Waals surface area contributed by atoms with Crippen molar-refractivity contribution in [3.8, 4) is 0 Å². The number of rotatable bonds is 9. The Bertz CT molecular complexity index is 984. The van der Waals surface area contributed by atoms with Crippen LogP contribution in [0.2, 0.25) is 5.02 Å². The number of carboxylic acid groups (broad SMARTS) is 1. The zero-order valence-corrected chi connectivity index (χ0v) is 19.8. The highest BCUT2D eigenvalue weighted by Gasteiger charge is 2.42. The van der Waals surface area contributed by atoms with Gasteiger partial charge >= 0.3 is 5.97 Å². The molecule has 4 N–H and O–H groups in total. The standard InChI is InChI=1S/C22H31ClN6O3/c1-6-9-24-29-19-17(18(12(2)3)28(29)11-30)26-20(13(4)5)27-21(19)25-14-7-8-16(23)15(10-14)22(31)32/h7-8,10,12-13,18,24,30H,6,9,11H2,1-5H3,(H,31,32)(H,25,26,27). The van der Waals surface area contributed by atoms with Crippen LogP contribution in [0, 0.1) is 5.92 Å². The summed E-state index contributed by atoms with van der Waals surface area (Å²) >= 11 is 6.04. The molecule has 1 unspecified atom stereocenters. The minimum absolute atomic E-state index is 0.00413. The van der Waals surface area contributed by atoms with Crippen molar-refractivity contribution in [3.05, 3.63) is 40.3 Å². The van der Waals surface area contributed by atoms with Gasteiger partial charge in [0.15, 0.2) is 5.82 Å². The number of hydrogen-bond donors (Lipinski definition) is 4. The monoisotopic (exact) mass is 462 g/mol. The summed E-state index contributed by atoms with van der Waals surface area (Å²) in [6.45, 7) is 10.8. The minimum Gasteiger partial charge on any atom is -0.478 e. The van der Waals surface area contributed by atoms with Crippen LogP contribution in [0.3, 0.4) is 0 Å². The maximum Gasteiger partial charge on any atom is 0.337 e. The van der Waals surface area contributed by atoms with Crippen LogP contribution in [0.5, 0.6) is 0 Å². The summed E-state index contributed by atoms with van der Waals surface area (Å²) in [5.74, 6) is 0.342. The molecule has 0 bridgehead atoms. The zero-order chi connectivity index (χ0) is 23.6. The number of hydrazine groups is 2. The van der Waals surface area contributed by atoms with E-state index in [0.29, 0.717) is 29.6 Å². The summed E-state index contributed by atoms with van der Waals surface area (Å²) < 4.78 is 0. The molecule has 174 valence electrons. The maximum atomic E-state index is 11.5. The molecular formula is C22H31ClN6O3. The first-order valence-electron chi connectivity index (χ1n) is 10.8. The summed E-state index contributed by atoms with van der Waals surface area (Å²) in [7, 11) is 0. The van der Waals surface area contributed by atoms with Gasteiger partial charge in [-0.25, -0.2) is 25.3 Å². The molecule has 32 heavy (non-hydrogen) atoms. The number of aromatic nitrogens is 2. The van der Waals surface area contributed by atoms with Crippen LogP contribution >= 0.6 is 11.6 Å². The Labute approximate surface area is 193 Å².